The molecule has 7 heteroatoms. The number of nitrogens with zero attached hydrogens (tertiary/aromatic N) is 4. The van der Waals surface area contributed by atoms with Crippen molar-refractivity contribution in [2.45, 2.75) is 19.8 Å². The molecular weight excluding hydrogens is 340 g/mol. The highest BCUT2D eigenvalue weighted by atomic mass is 16.1. The summed E-state index contributed by atoms with van der Waals surface area (Å²) >= 11 is 0. The van der Waals surface area contributed by atoms with E-state index in [1.165, 1.54) is 18.5 Å². The van der Waals surface area contributed by atoms with Crippen LogP contribution in [0.3, 0.4) is 0 Å². The third kappa shape index (κ3) is 5.40. The van der Waals surface area contributed by atoms with Crippen LogP contribution in [0.1, 0.15) is 29.2 Å². The van der Waals surface area contributed by atoms with Gasteiger partial charge in [-0.15, -0.1) is 0 Å². The molecular formula is C20H28N6O. The van der Waals surface area contributed by atoms with Gasteiger partial charge in [-0.1, -0.05) is 0 Å². The van der Waals surface area contributed by atoms with E-state index in [4.69, 9.17) is 0 Å². The number of rotatable bonds is 7. The number of amides is 1. The van der Waals surface area contributed by atoms with Crippen LogP contribution in [0.25, 0.3) is 0 Å². The second-order valence-electron chi connectivity index (χ2n) is 7.11. The van der Waals surface area contributed by atoms with Crippen molar-refractivity contribution in [3.8, 4) is 0 Å². The fourth-order valence-electron chi connectivity index (χ4n) is 3.11. The van der Waals surface area contributed by atoms with Gasteiger partial charge in [0.05, 0.1) is 0 Å². The highest BCUT2D eigenvalue weighted by Crippen LogP contribution is 2.23. The van der Waals surface area contributed by atoms with Crippen molar-refractivity contribution >= 4 is 23.1 Å². The van der Waals surface area contributed by atoms with Gasteiger partial charge < -0.3 is 20.4 Å². The maximum Gasteiger partial charge on any atom is 0.270 e. The maximum atomic E-state index is 12.3. The third-order valence-corrected chi connectivity index (χ3v) is 4.53. The Morgan fingerprint density at radius 2 is 1.85 bits per heavy atom. The summed E-state index contributed by atoms with van der Waals surface area (Å²) in [4.78, 5) is 25.4. The molecule has 2 N–H and O–H groups in total. The first-order valence-corrected chi connectivity index (χ1v) is 9.42. The number of carbonyl (C=O) groups is 1. The van der Waals surface area contributed by atoms with E-state index in [0.717, 1.165) is 25.3 Å². The van der Waals surface area contributed by atoms with E-state index in [9.17, 15) is 4.79 Å². The molecule has 2 heterocycles. The molecule has 1 fully saturated rings. The van der Waals surface area contributed by atoms with Crippen LogP contribution in [0.4, 0.5) is 17.2 Å². The molecule has 1 aliphatic heterocycles. The Hall–Kier alpha value is -2.67. The lowest BCUT2D eigenvalue weighted by atomic mass is 10.2. The molecule has 0 aliphatic carbocycles. The molecule has 0 atom stereocenters. The van der Waals surface area contributed by atoms with Crippen LogP contribution in [0.2, 0.25) is 0 Å². The van der Waals surface area contributed by atoms with Gasteiger partial charge in [-0.25, -0.2) is 9.97 Å². The lowest BCUT2D eigenvalue weighted by Gasteiger charge is -2.18. The van der Waals surface area contributed by atoms with Crippen molar-refractivity contribution in [3.05, 3.63) is 41.9 Å². The Morgan fingerprint density at radius 1 is 1.15 bits per heavy atom. The first-order chi connectivity index (χ1) is 13.0. The lowest BCUT2D eigenvalue weighted by molar-refractivity contribution is 0.0945. The van der Waals surface area contributed by atoms with Gasteiger partial charge in [-0.3, -0.25) is 4.79 Å². The van der Waals surface area contributed by atoms with Crippen molar-refractivity contribution in [1.82, 2.24) is 20.2 Å². The highest BCUT2D eigenvalue weighted by Gasteiger charge is 2.13. The first-order valence-electron chi connectivity index (χ1n) is 9.42. The second kappa shape index (κ2) is 8.81. The van der Waals surface area contributed by atoms with Crippen LogP contribution in [0, 0.1) is 6.92 Å². The lowest BCUT2D eigenvalue weighted by Crippen LogP contribution is -2.32. The summed E-state index contributed by atoms with van der Waals surface area (Å²) in [6.07, 6.45) is 2.53. The molecule has 0 spiro atoms. The van der Waals surface area contributed by atoms with Crippen LogP contribution < -0.4 is 15.5 Å². The van der Waals surface area contributed by atoms with Crippen LogP contribution >= 0.6 is 0 Å². The van der Waals surface area contributed by atoms with Crippen molar-refractivity contribution in [3.63, 3.8) is 0 Å². The van der Waals surface area contributed by atoms with E-state index in [-0.39, 0.29) is 5.91 Å². The van der Waals surface area contributed by atoms with Crippen molar-refractivity contribution in [2.75, 3.05) is 50.5 Å². The number of hydrogen-bond donors (Lipinski definition) is 2. The quantitative estimate of drug-likeness (QED) is 0.782. The molecule has 0 saturated carbocycles. The van der Waals surface area contributed by atoms with Crippen LogP contribution in [0.15, 0.2) is 30.3 Å². The number of aromatic nitrogens is 2. The number of anilines is 3. The number of likely N-dealkylation sites (N-methyl/N-ethyl adjacent to an activating group) is 1. The molecule has 7 nitrogen and oxygen atoms in total. The van der Waals surface area contributed by atoms with Gasteiger partial charge in [-0.2, -0.15) is 0 Å². The zero-order chi connectivity index (χ0) is 19.2. The Balaban J connectivity index is 1.66. The zero-order valence-corrected chi connectivity index (χ0v) is 16.3. The van der Waals surface area contributed by atoms with Crippen LogP contribution in [-0.4, -0.2) is 61.0 Å². The standard InChI is InChI=1S/C20H28N6O/c1-15-22-18(20(27)21-10-13-25(2)3)14-19(23-15)24-16-6-8-17(9-7-16)26-11-4-5-12-26/h6-9,14H,4-5,10-13H2,1-3H3,(H,21,27)(H,22,23,24). The van der Waals surface area contributed by atoms with E-state index in [2.05, 4.69) is 37.6 Å². The van der Waals surface area contributed by atoms with Crippen LogP contribution in [0.5, 0.6) is 0 Å². The molecule has 2 aromatic rings. The molecule has 1 amide bonds. The van der Waals surface area contributed by atoms with E-state index >= 15 is 0 Å². The normalized spacial score (nSPS) is 13.9. The summed E-state index contributed by atoms with van der Waals surface area (Å²) < 4.78 is 0. The summed E-state index contributed by atoms with van der Waals surface area (Å²) in [6.45, 7) is 5.41. The Kier molecular flexibility index (Phi) is 6.24. The summed E-state index contributed by atoms with van der Waals surface area (Å²) in [5.41, 5.74) is 2.56. The zero-order valence-electron chi connectivity index (χ0n) is 16.3. The summed E-state index contributed by atoms with van der Waals surface area (Å²) in [5, 5.41) is 6.16. The van der Waals surface area contributed by atoms with Gasteiger partial charge in [-0.05, 0) is 58.1 Å². The molecule has 1 aliphatic rings. The van der Waals surface area contributed by atoms with Gasteiger partial charge in [0.1, 0.15) is 17.3 Å². The first kappa shape index (κ1) is 19.1. The highest BCUT2D eigenvalue weighted by molar-refractivity contribution is 5.93. The predicted molar refractivity (Wildman–Crippen MR) is 109 cm³/mol. The molecule has 1 aromatic carbocycles. The minimum absolute atomic E-state index is 0.185. The summed E-state index contributed by atoms with van der Waals surface area (Å²) in [7, 11) is 3.94. The van der Waals surface area contributed by atoms with Gasteiger partial charge in [0.2, 0.25) is 0 Å². The Labute approximate surface area is 160 Å². The van der Waals surface area contributed by atoms with Gasteiger partial charge >= 0.3 is 0 Å². The molecule has 0 radical (unpaired) electrons. The van der Waals surface area contributed by atoms with E-state index < -0.39 is 0 Å². The minimum atomic E-state index is -0.185. The van der Waals surface area contributed by atoms with E-state index in [1.807, 2.05) is 31.1 Å². The molecule has 144 valence electrons. The summed E-state index contributed by atoms with van der Waals surface area (Å²) in [6, 6.07) is 10.0. The van der Waals surface area contributed by atoms with E-state index in [0.29, 0.717) is 23.9 Å². The predicted octanol–water partition coefficient (Wildman–Crippen LogP) is 2.42. The van der Waals surface area contributed by atoms with Gasteiger partial charge in [0.15, 0.2) is 0 Å². The monoisotopic (exact) mass is 368 g/mol. The molecule has 1 saturated heterocycles. The number of aryl methyl sites for hydroxylation is 1. The van der Waals surface area contributed by atoms with E-state index in [1.54, 1.807) is 13.0 Å². The van der Waals surface area contributed by atoms with Crippen molar-refractivity contribution < 1.29 is 4.79 Å². The number of benzene rings is 1. The fraction of sp³-hybridized carbons (Fsp3) is 0.450. The number of nitrogens with one attached hydrogen (secondary N) is 2. The average Bonchev–Trinajstić information content (AvgIpc) is 3.16. The number of carbonyl (C=O) groups excluding carboxylic acids is 1. The molecule has 3 rings (SSSR count). The molecule has 1 aromatic heterocycles. The molecule has 27 heavy (non-hydrogen) atoms. The second-order valence-corrected chi connectivity index (χ2v) is 7.11. The average molecular weight is 368 g/mol. The third-order valence-electron chi connectivity index (χ3n) is 4.53. The van der Waals surface area contributed by atoms with Crippen molar-refractivity contribution in [2.24, 2.45) is 0 Å². The number of hydrogen-bond acceptors (Lipinski definition) is 6. The van der Waals surface area contributed by atoms with Gasteiger partial charge in [0.25, 0.3) is 5.91 Å². The Bertz CT molecular complexity index is 769. The van der Waals surface area contributed by atoms with Crippen LogP contribution in [-0.2, 0) is 0 Å². The van der Waals surface area contributed by atoms with Crippen molar-refractivity contribution in [1.29, 1.82) is 0 Å². The fourth-order valence-corrected chi connectivity index (χ4v) is 3.11. The minimum Gasteiger partial charge on any atom is -0.372 e. The smallest absolute Gasteiger partial charge is 0.270 e. The SMILES string of the molecule is Cc1nc(Nc2ccc(N3CCCC3)cc2)cc(C(=O)NCCN(C)C)n1. The topological polar surface area (TPSA) is 73.4 Å². The largest absolute Gasteiger partial charge is 0.372 e. The Morgan fingerprint density at radius 3 is 2.52 bits per heavy atom. The summed E-state index contributed by atoms with van der Waals surface area (Å²) in [5.74, 6) is 0.996. The molecule has 0 unspecified atom stereocenters. The maximum absolute atomic E-state index is 12.3. The van der Waals surface area contributed by atoms with Gasteiger partial charge in [0, 0.05) is 43.6 Å². The molecule has 0 bridgehead atoms.